The molecule has 1 aliphatic rings. The molecule has 0 amide bonds. The third-order valence-electron chi connectivity index (χ3n) is 6.92. The lowest BCUT2D eigenvalue weighted by molar-refractivity contribution is -0.941. The lowest BCUT2D eigenvalue weighted by Crippen LogP contribution is -2.52. The van der Waals surface area contributed by atoms with E-state index in [1.54, 1.807) is 35.5 Å². The fraction of sp³-hybridized carbons (Fsp3) is 0.519. The Hall–Kier alpha value is -3.13. The van der Waals surface area contributed by atoms with Crippen molar-refractivity contribution >= 4 is 5.97 Å². The van der Waals surface area contributed by atoms with Gasteiger partial charge < -0.3 is 32.9 Å². The van der Waals surface area contributed by atoms with Gasteiger partial charge in [-0.1, -0.05) is 0 Å². The normalized spacial score (nSPS) is 18.9. The first kappa shape index (κ1) is 26.5. The van der Waals surface area contributed by atoms with Crippen molar-refractivity contribution in [2.24, 2.45) is 0 Å². The predicted molar refractivity (Wildman–Crippen MR) is 133 cm³/mol. The van der Waals surface area contributed by atoms with Gasteiger partial charge in [0.2, 0.25) is 5.75 Å². The van der Waals surface area contributed by atoms with E-state index in [-0.39, 0.29) is 12.0 Å². The highest BCUT2D eigenvalue weighted by atomic mass is 16.5. The molecule has 0 saturated heterocycles. The van der Waals surface area contributed by atoms with E-state index in [9.17, 15) is 4.79 Å². The zero-order chi connectivity index (χ0) is 25.6. The van der Waals surface area contributed by atoms with E-state index in [1.165, 1.54) is 18.1 Å². The van der Waals surface area contributed by atoms with Gasteiger partial charge >= 0.3 is 5.97 Å². The molecule has 0 spiro atoms. The Balaban J connectivity index is 2.04. The van der Waals surface area contributed by atoms with Crippen molar-refractivity contribution in [3.05, 3.63) is 41.0 Å². The maximum atomic E-state index is 11.3. The quantitative estimate of drug-likeness (QED) is 0.269. The van der Waals surface area contributed by atoms with Gasteiger partial charge in [-0.05, 0) is 35.4 Å². The number of quaternary nitrogens is 1. The van der Waals surface area contributed by atoms with Crippen LogP contribution in [0.25, 0.3) is 0 Å². The van der Waals surface area contributed by atoms with Crippen LogP contribution in [0.1, 0.15) is 36.1 Å². The Morgan fingerprint density at radius 1 is 0.886 bits per heavy atom. The summed E-state index contributed by atoms with van der Waals surface area (Å²) >= 11 is 0. The fourth-order valence-electron chi connectivity index (χ4n) is 5.05. The summed E-state index contributed by atoms with van der Waals surface area (Å²) in [5.74, 6) is 3.05. The van der Waals surface area contributed by atoms with Gasteiger partial charge in [0.1, 0.15) is 6.04 Å². The lowest BCUT2D eigenvalue weighted by Gasteiger charge is -2.46. The van der Waals surface area contributed by atoms with Gasteiger partial charge in [0.15, 0.2) is 23.0 Å². The van der Waals surface area contributed by atoms with Gasteiger partial charge in [0, 0.05) is 31.7 Å². The first-order valence-corrected chi connectivity index (χ1v) is 11.8. The van der Waals surface area contributed by atoms with E-state index < -0.39 is 0 Å². The number of carbonyl (C=O) groups excluding carboxylic acids is 1. The molecule has 1 aliphatic heterocycles. The second-order valence-electron chi connectivity index (χ2n) is 9.03. The number of fused-ring (bicyclic) bond motifs is 1. The summed E-state index contributed by atoms with van der Waals surface area (Å²) in [4.78, 5) is 11.3. The Morgan fingerprint density at radius 2 is 1.49 bits per heavy atom. The Labute approximate surface area is 208 Å². The van der Waals surface area contributed by atoms with E-state index in [2.05, 4.69) is 19.2 Å². The molecule has 2 aromatic carbocycles. The van der Waals surface area contributed by atoms with Gasteiger partial charge in [-0.3, -0.25) is 4.79 Å². The number of benzene rings is 2. The molecule has 2 aromatic rings. The molecule has 1 unspecified atom stereocenters. The van der Waals surface area contributed by atoms with Gasteiger partial charge in [-0.15, -0.1) is 0 Å². The van der Waals surface area contributed by atoms with E-state index >= 15 is 0 Å². The van der Waals surface area contributed by atoms with Crippen LogP contribution in [0.5, 0.6) is 28.7 Å². The summed E-state index contributed by atoms with van der Waals surface area (Å²) in [5.41, 5.74) is 3.57. The van der Waals surface area contributed by atoms with Crippen LogP contribution in [-0.2, 0) is 22.4 Å². The van der Waals surface area contributed by atoms with Crippen molar-refractivity contribution < 1.29 is 37.7 Å². The highest BCUT2D eigenvalue weighted by Crippen LogP contribution is 2.44. The number of ether oxygens (including phenoxy) is 6. The molecule has 0 aliphatic carbocycles. The van der Waals surface area contributed by atoms with Crippen LogP contribution in [0.3, 0.4) is 0 Å². The Bertz CT molecular complexity index is 1010. The summed E-state index contributed by atoms with van der Waals surface area (Å²) in [6.45, 7) is 3.69. The van der Waals surface area contributed by atoms with Crippen LogP contribution in [0.2, 0.25) is 0 Å². The average Bonchev–Trinajstić information content (AvgIpc) is 2.86. The van der Waals surface area contributed by atoms with Crippen LogP contribution >= 0.6 is 0 Å². The van der Waals surface area contributed by atoms with Gasteiger partial charge in [-0.2, -0.15) is 0 Å². The van der Waals surface area contributed by atoms with E-state index in [0.717, 1.165) is 53.9 Å². The highest BCUT2D eigenvalue weighted by molar-refractivity contribution is 5.65. The van der Waals surface area contributed by atoms with Gasteiger partial charge in [0.05, 0.1) is 62.3 Å². The monoisotopic (exact) mass is 488 g/mol. The van der Waals surface area contributed by atoms with Crippen molar-refractivity contribution in [1.82, 2.24) is 0 Å². The smallest absolute Gasteiger partial charge is 0.302 e. The number of methoxy groups -OCH3 is 5. The minimum atomic E-state index is -0.248. The third-order valence-corrected chi connectivity index (χ3v) is 6.92. The molecule has 0 radical (unpaired) electrons. The predicted octanol–water partition coefficient (Wildman–Crippen LogP) is 3.97. The van der Waals surface area contributed by atoms with Crippen molar-refractivity contribution in [2.45, 2.75) is 32.2 Å². The molecule has 3 rings (SSSR count). The number of esters is 1. The summed E-state index contributed by atoms with van der Waals surface area (Å²) in [5, 5.41) is 0. The number of nitrogens with zero attached hydrogens (tertiary/aromatic N) is 1. The SMILES string of the molecule is COc1cc2c(cc1OC)[C@@H](Cc1cc(OC)c(OC)c(OC)c1)[N+](C)(CCCOC(C)=O)CC2. The summed E-state index contributed by atoms with van der Waals surface area (Å²) in [6.07, 6.45) is 2.46. The highest BCUT2D eigenvalue weighted by Gasteiger charge is 2.40. The zero-order valence-corrected chi connectivity index (χ0v) is 21.9. The summed E-state index contributed by atoms with van der Waals surface area (Å²) < 4.78 is 34.0. The fourth-order valence-corrected chi connectivity index (χ4v) is 5.05. The first-order valence-electron chi connectivity index (χ1n) is 11.8. The summed E-state index contributed by atoms with van der Waals surface area (Å²) in [7, 11) is 10.5. The van der Waals surface area contributed by atoms with Gasteiger partial charge in [0.25, 0.3) is 0 Å². The second-order valence-corrected chi connectivity index (χ2v) is 9.03. The molecule has 0 bridgehead atoms. The van der Waals surface area contributed by atoms with Crippen molar-refractivity contribution in [3.8, 4) is 28.7 Å². The number of rotatable bonds is 11. The molecular formula is C27H38NO7+. The molecule has 0 saturated carbocycles. The van der Waals surface area contributed by atoms with Crippen molar-refractivity contribution in [1.29, 1.82) is 0 Å². The van der Waals surface area contributed by atoms with Crippen LogP contribution < -0.4 is 23.7 Å². The maximum Gasteiger partial charge on any atom is 0.302 e. The number of hydrogen-bond acceptors (Lipinski definition) is 7. The minimum absolute atomic E-state index is 0.138. The molecule has 0 fully saturated rings. The molecule has 0 aromatic heterocycles. The van der Waals surface area contributed by atoms with Crippen molar-refractivity contribution in [3.63, 3.8) is 0 Å². The molecule has 1 heterocycles. The number of carbonyl (C=O) groups is 1. The van der Waals surface area contributed by atoms with Gasteiger partial charge in [-0.25, -0.2) is 0 Å². The van der Waals surface area contributed by atoms with E-state index in [0.29, 0.717) is 23.9 Å². The largest absolute Gasteiger partial charge is 0.493 e. The first-order chi connectivity index (χ1) is 16.8. The molecule has 8 heteroatoms. The van der Waals surface area contributed by atoms with Crippen LogP contribution in [0, 0.1) is 0 Å². The molecule has 35 heavy (non-hydrogen) atoms. The Kier molecular flexibility index (Phi) is 8.72. The third kappa shape index (κ3) is 5.75. The number of likely N-dealkylation sites (N-methyl/N-ethyl adjacent to an activating group) is 1. The standard InChI is InChI=1S/C27H38NO7/c1-18(29)35-12-8-10-28(2)11-9-20-16-23(30-3)24(31-4)17-21(20)22(28)13-19-14-25(32-5)27(34-7)26(15-19)33-6/h14-17,22H,8-13H2,1-7H3/q+1/t22-,28?/m1/s1. The lowest BCUT2D eigenvalue weighted by atomic mass is 9.86. The molecule has 192 valence electrons. The molecule has 2 atom stereocenters. The second kappa shape index (κ2) is 11.5. The van der Waals surface area contributed by atoms with Crippen LogP contribution in [-0.4, -0.2) is 72.7 Å². The average molecular weight is 489 g/mol. The zero-order valence-electron chi connectivity index (χ0n) is 21.9. The van der Waals surface area contributed by atoms with Crippen LogP contribution in [0.4, 0.5) is 0 Å². The van der Waals surface area contributed by atoms with Crippen LogP contribution in [0.15, 0.2) is 24.3 Å². The Morgan fingerprint density at radius 3 is 2.03 bits per heavy atom. The minimum Gasteiger partial charge on any atom is -0.493 e. The molecule has 0 N–H and O–H groups in total. The van der Waals surface area contributed by atoms with Crippen molar-refractivity contribution in [2.75, 3.05) is 62.3 Å². The molecular weight excluding hydrogens is 450 g/mol. The summed E-state index contributed by atoms with van der Waals surface area (Å²) in [6, 6.07) is 8.37. The van der Waals surface area contributed by atoms with E-state index in [1.807, 2.05) is 12.1 Å². The molecule has 8 nitrogen and oxygen atoms in total. The number of hydrogen-bond donors (Lipinski definition) is 0. The topological polar surface area (TPSA) is 72.5 Å². The van der Waals surface area contributed by atoms with E-state index in [4.69, 9.17) is 28.4 Å². The maximum absolute atomic E-state index is 11.3.